The molecule has 0 aromatic heterocycles. The zero-order chi connectivity index (χ0) is 26.0. The van der Waals surface area contributed by atoms with Gasteiger partial charge in [0.2, 0.25) is 0 Å². The molecule has 194 valence electrons. The van der Waals surface area contributed by atoms with Crippen molar-refractivity contribution in [3.8, 4) is 11.5 Å². The largest absolute Gasteiger partial charge is 0.491 e. The molecule has 0 fully saturated rings. The number of halogens is 3. The number of hydrazine groups is 1. The Morgan fingerprint density at radius 2 is 1.74 bits per heavy atom. The molecule has 11 heteroatoms. The van der Waals surface area contributed by atoms with Gasteiger partial charge in [0.05, 0.1) is 30.3 Å². The lowest BCUT2D eigenvalue weighted by atomic mass is 9.78. The minimum Gasteiger partial charge on any atom is -0.491 e. The van der Waals surface area contributed by atoms with Crippen LogP contribution in [0.25, 0.3) is 0 Å². The number of aliphatic hydroxyl groups is 2. The first-order valence-electron chi connectivity index (χ1n) is 10.9. The van der Waals surface area contributed by atoms with Crippen LogP contribution in [-0.2, 0) is 5.41 Å². The molecule has 0 radical (unpaired) electrons. The summed E-state index contributed by atoms with van der Waals surface area (Å²) < 4.78 is 37.7. The molecule has 0 heterocycles. The van der Waals surface area contributed by atoms with Gasteiger partial charge in [0.15, 0.2) is 11.6 Å². The minimum atomic E-state index is -0.896. The van der Waals surface area contributed by atoms with Crippen LogP contribution < -0.4 is 21.1 Å². The van der Waals surface area contributed by atoms with Crippen molar-refractivity contribution in [3.05, 3.63) is 71.3 Å². The van der Waals surface area contributed by atoms with E-state index in [1.165, 1.54) is 23.3 Å². The number of aliphatic hydroxyl groups excluding tert-OH is 2. The van der Waals surface area contributed by atoms with Gasteiger partial charge < -0.3 is 30.4 Å². The maximum absolute atomic E-state index is 14.6. The van der Waals surface area contributed by atoms with Gasteiger partial charge in [-0.15, -0.1) is 11.6 Å². The molecule has 0 saturated heterocycles. The van der Waals surface area contributed by atoms with E-state index in [2.05, 4.69) is 0 Å². The second-order valence-electron chi connectivity index (χ2n) is 8.53. The lowest BCUT2D eigenvalue weighted by Gasteiger charge is -2.27. The van der Waals surface area contributed by atoms with Crippen LogP contribution in [0.4, 0.5) is 8.28 Å². The number of nitrogens with two attached hydrogens (primary N) is 2. The van der Waals surface area contributed by atoms with Crippen molar-refractivity contribution in [3.63, 3.8) is 0 Å². The molecule has 0 saturated carbocycles. The highest BCUT2D eigenvalue weighted by Crippen LogP contribution is 2.34. The van der Waals surface area contributed by atoms with Crippen LogP contribution >= 0.6 is 23.7 Å². The number of hydrogen-bond donors (Lipinski definition) is 4. The topological polar surface area (TPSA) is 114 Å². The normalized spacial score (nSPS) is 13.9. The number of rotatable bonds is 14. The highest BCUT2D eigenvalue weighted by atomic mass is 35.5. The standard InChI is InChI=1S/C24H32ClF2N3O4S/c1-24(2,17-5-8-23(22(26)9-17)34-13-19(31)10-25)16-3-6-21(7-4-16)33-14-20(32)12-30(29)11-18(28)15-35-27/h3-9,11,19-20,31-32H,10,12-15,28-29H2,1-2H3/b18-11-/t19-,20?/m0/s1. The highest BCUT2D eigenvalue weighted by molar-refractivity contribution is 7.94. The Kier molecular flexibility index (Phi) is 11.4. The summed E-state index contributed by atoms with van der Waals surface area (Å²) in [7, 11) is 0. The second kappa shape index (κ2) is 13.7. The monoisotopic (exact) mass is 531 g/mol. The van der Waals surface area contributed by atoms with Gasteiger partial charge in [0.1, 0.15) is 31.2 Å². The molecule has 0 amide bonds. The van der Waals surface area contributed by atoms with E-state index < -0.39 is 23.4 Å². The first kappa shape index (κ1) is 29.0. The summed E-state index contributed by atoms with van der Waals surface area (Å²) in [5, 5.41) is 20.8. The van der Waals surface area contributed by atoms with Gasteiger partial charge in [-0.1, -0.05) is 32.0 Å². The van der Waals surface area contributed by atoms with Crippen molar-refractivity contribution < 1.29 is 28.0 Å². The Morgan fingerprint density at radius 3 is 2.34 bits per heavy atom. The molecule has 35 heavy (non-hydrogen) atoms. The van der Waals surface area contributed by atoms with E-state index in [0.717, 1.165) is 11.1 Å². The van der Waals surface area contributed by atoms with Crippen molar-refractivity contribution in [2.45, 2.75) is 31.5 Å². The fourth-order valence-corrected chi connectivity index (χ4v) is 3.52. The first-order valence-corrected chi connectivity index (χ1v) is 12.3. The molecule has 2 atom stereocenters. The van der Waals surface area contributed by atoms with Gasteiger partial charge in [0, 0.05) is 17.3 Å². The number of hydrogen-bond acceptors (Lipinski definition) is 8. The summed E-state index contributed by atoms with van der Waals surface area (Å²) in [6.07, 6.45) is -0.407. The number of benzene rings is 2. The van der Waals surface area contributed by atoms with Gasteiger partial charge >= 0.3 is 0 Å². The molecule has 2 aromatic rings. The van der Waals surface area contributed by atoms with E-state index in [4.69, 9.17) is 32.7 Å². The Labute approximate surface area is 213 Å². The average molecular weight is 532 g/mol. The van der Waals surface area contributed by atoms with Gasteiger partial charge in [-0.25, -0.2) is 10.2 Å². The quantitative estimate of drug-likeness (QED) is 0.166. The van der Waals surface area contributed by atoms with Crippen molar-refractivity contribution in [2.75, 3.05) is 31.4 Å². The molecule has 2 aromatic carbocycles. The SMILES string of the molecule is CC(C)(c1ccc(OCC(O)CN(N)/C=C(\N)CSF)cc1)c1ccc(OC[C@@H](O)CCl)c(F)c1. The number of ether oxygens (including phenoxy) is 2. The van der Waals surface area contributed by atoms with Crippen LogP contribution in [0.2, 0.25) is 0 Å². The van der Waals surface area contributed by atoms with Crippen LogP contribution in [0.1, 0.15) is 25.0 Å². The van der Waals surface area contributed by atoms with Crippen LogP contribution in [0, 0.1) is 5.82 Å². The Hall–Kier alpha value is -2.24. The maximum Gasteiger partial charge on any atom is 0.165 e. The molecule has 7 nitrogen and oxygen atoms in total. The molecule has 0 bridgehead atoms. The fourth-order valence-electron chi connectivity index (χ4n) is 3.23. The van der Waals surface area contributed by atoms with Gasteiger partial charge in [-0.05, 0) is 35.4 Å². The second-order valence-corrected chi connectivity index (χ2v) is 9.35. The molecule has 0 spiro atoms. The van der Waals surface area contributed by atoms with Crippen LogP contribution in [0.3, 0.4) is 0 Å². The molecule has 6 N–H and O–H groups in total. The summed E-state index contributed by atoms with van der Waals surface area (Å²) in [5.41, 5.74) is 6.99. The lowest BCUT2D eigenvalue weighted by Crippen LogP contribution is -2.37. The van der Waals surface area contributed by atoms with E-state index in [1.54, 1.807) is 18.2 Å². The molecule has 0 aliphatic heterocycles. The minimum absolute atomic E-state index is 0.00422. The smallest absolute Gasteiger partial charge is 0.165 e. The van der Waals surface area contributed by atoms with E-state index in [-0.39, 0.29) is 55.0 Å². The van der Waals surface area contributed by atoms with Crippen LogP contribution in [0.5, 0.6) is 11.5 Å². The van der Waals surface area contributed by atoms with Gasteiger partial charge in [-0.2, -0.15) is 3.89 Å². The zero-order valence-electron chi connectivity index (χ0n) is 19.7. The molecule has 1 unspecified atom stereocenters. The predicted molar refractivity (Wildman–Crippen MR) is 135 cm³/mol. The van der Waals surface area contributed by atoms with Gasteiger partial charge in [-0.3, -0.25) is 0 Å². The van der Waals surface area contributed by atoms with Crippen molar-refractivity contribution in [1.29, 1.82) is 0 Å². The predicted octanol–water partition coefficient (Wildman–Crippen LogP) is 3.46. The van der Waals surface area contributed by atoms with E-state index >= 15 is 0 Å². The van der Waals surface area contributed by atoms with E-state index in [0.29, 0.717) is 5.75 Å². The summed E-state index contributed by atoms with van der Waals surface area (Å²) >= 11 is 5.62. The molecule has 2 rings (SSSR count). The lowest BCUT2D eigenvalue weighted by molar-refractivity contribution is 0.0817. The third-order valence-electron chi connectivity index (χ3n) is 5.26. The van der Waals surface area contributed by atoms with Crippen LogP contribution in [0.15, 0.2) is 54.4 Å². The molecule has 0 aliphatic carbocycles. The fraction of sp³-hybridized carbons (Fsp3) is 0.417. The van der Waals surface area contributed by atoms with E-state index in [9.17, 15) is 18.5 Å². The molecular weight excluding hydrogens is 500 g/mol. The summed E-state index contributed by atoms with van der Waals surface area (Å²) in [5.74, 6) is 5.79. The Bertz CT molecular complexity index is 966. The van der Waals surface area contributed by atoms with Crippen molar-refractivity contribution in [2.24, 2.45) is 11.6 Å². The van der Waals surface area contributed by atoms with Gasteiger partial charge in [0.25, 0.3) is 0 Å². The summed E-state index contributed by atoms with van der Waals surface area (Å²) in [4.78, 5) is 0. The molecular formula is C24H32ClF2N3O4S. The average Bonchev–Trinajstić information content (AvgIpc) is 2.81. The first-order chi connectivity index (χ1) is 16.6. The van der Waals surface area contributed by atoms with E-state index in [1.807, 2.05) is 26.0 Å². The Morgan fingerprint density at radius 1 is 1.11 bits per heavy atom. The zero-order valence-corrected chi connectivity index (χ0v) is 21.2. The van der Waals surface area contributed by atoms with Crippen molar-refractivity contribution >= 4 is 23.7 Å². The number of alkyl halides is 1. The Balaban J connectivity index is 1.97. The summed E-state index contributed by atoms with van der Waals surface area (Å²) in [6.45, 7) is 3.89. The number of nitrogens with zero attached hydrogens (tertiary/aromatic N) is 1. The molecule has 0 aliphatic rings. The highest BCUT2D eigenvalue weighted by Gasteiger charge is 2.25. The third-order valence-corrected chi connectivity index (χ3v) is 6.05. The summed E-state index contributed by atoms with van der Waals surface area (Å²) in [6, 6.07) is 12.0. The van der Waals surface area contributed by atoms with Crippen molar-refractivity contribution in [1.82, 2.24) is 5.01 Å². The van der Waals surface area contributed by atoms with Crippen LogP contribution in [-0.4, -0.2) is 58.8 Å². The third kappa shape index (κ3) is 9.05. The maximum atomic E-state index is 14.6.